The van der Waals surface area contributed by atoms with Crippen LogP contribution >= 0.6 is 12.4 Å². The summed E-state index contributed by atoms with van der Waals surface area (Å²) in [6.45, 7) is 7.97. The first-order chi connectivity index (χ1) is 10.9. The van der Waals surface area contributed by atoms with E-state index >= 15 is 0 Å². The van der Waals surface area contributed by atoms with Crippen molar-refractivity contribution in [3.63, 3.8) is 0 Å². The van der Waals surface area contributed by atoms with E-state index in [-0.39, 0.29) is 23.9 Å². The number of halogens is 1. The van der Waals surface area contributed by atoms with Crippen LogP contribution in [0.2, 0.25) is 0 Å². The van der Waals surface area contributed by atoms with E-state index in [0.29, 0.717) is 11.8 Å². The highest BCUT2D eigenvalue weighted by molar-refractivity contribution is 5.85. The number of hydrogen-bond donors (Lipinski definition) is 1. The number of nitrogens with two attached hydrogens (primary N) is 1. The number of carbonyl (C=O) groups is 1. The van der Waals surface area contributed by atoms with Crippen molar-refractivity contribution in [1.29, 1.82) is 0 Å². The van der Waals surface area contributed by atoms with Gasteiger partial charge in [-0.3, -0.25) is 4.79 Å². The number of carbonyl (C=O) groups excluding carboxylic acids is 1. The van der Waals surface area contributed by atoms with Crippen LogP contribution < -0.4 is 5.73 Å². The second-order valence-corrected chi connectivity index (χ2v) is 7.74. The van der Waals surface area contributed by atoms with Crippen LogP contribution in [0.5, 0.6) is 0 Å². The first-order valence-corrected chi connectivity index (χ1v) is 8.99. The maximum absolute atomic E-state index is 12.9. The van der Waals surface area contributed by atoms with Crippen LogP contribution in [0.1, 0.15) is 52.0 Å². The molecule has 4 heteroatoms. The fourth-order valence-electron chi connectivity index (χ4n) is 3.54. The number of nitrogens with zero attached hydrogens (tertiary/aromatic N) is 1. The molecule has 0 radical (unpaired) electrons. The minimum absolute atomic E-state index is 0. The average molecular weight is 353 g/mol. The van der Waals surface area contributed by atoms with Crippen molar-refractivity contribution >= 4 is 18.3 Å². The van der Waals surface area contributed by atoms with Crippen LogP contribution in [0, 0.1) is 11.3 Å². The molecule has 2 N–H and O–H groups in total. The summed E-state index contributed by atoms with van der Waals surface area (Å²) in [5.41, 5.74) is 7.11. The number of likely N-dealkylation sites (tertiary alicyclic amines) is 1. The zero-order valence-corrected chi connectivity index (χ0v) is 16.1. The Bertz CT molecular complexity index is 502. The molecular formula is C20H33ClN2O. The van der Waals surface area contributed by atoms with Gasteiger partial charge in [0.05, 0.1) is 0 Å². The van der Waals surface area contributed by atoms with Crippen LogP contribution in [0.25, 0.3) is 0 Å². The third kappa shape index (κ3) is 5.78. The van der Waals surface area contributed by atoms with Crippen LogP contribution in [-0.4, -0.2) is 29.9 Å². The molecule has 1 fully saturated rings. The summed E-state index contributed by atoms with van der Waals surface area (Å²) in [4.78, 5) is 15.0. The Morgan fingerprint density at radius 1 is 1.33 bits per heavy atom. The standard InChI is InChI=1S/C20H32N2O.ClH/c1-16(21)18-12-8-14-22(15-18)19(23)20(2,3)13-7-11-17-9-5-4-6-10-17;/h4-6,9-10,16,18H,7-8,11-15,21H2,1-3H3;1H. The summed E-state index contributed by atoms with van der Waals surface area (Å²) in [6, 6.07) is 10.7. The van der Waals surface area contributed by atoms with Gasteiger partial charge in [-0.15, -0.1) is 12.4 Å². The van der Waals surface area contributed by atoms with Crippen molar-refractivity contribution in [3.05, 3.63) is 35.9 Å². The summed E-state index contributed by atoms with van der Waals surface area (Å²) < 4.78 is 0. The van der Waals surface area contributed by atoms with Crippen molar-refractivity contribution in [2.75, 3.05) is 13.1 Å². The van der Waals surface area contributed by atoms with Crippen molar-refractivity contribution in [1.82, 2.24) is 4.90 Å². The van der Waals surface area contributed by atoms with Gasteiger partial charge >= 0.3 is 0 Å². The molecule has 0 saturated carbocycles. The summed E-state index contributed by atoms with van der Waals surface area (Å²) >= 11 is 0. The number of piperidine rings is 1. The molecule has 1 aromatic rings. The highest BCUT2D eigenvalue weighted by Crippen LogP contribution is 2.29. The Labute approximate surface area is 153 Å². The number of aryl methyl sites for hydroxylation is 1. The minimum Gasteiger partial charge on any atom is -0.342 e. The van der Waals surface area contributed by atoms with Gasteiger partial charge < -0.3 is 10.6 Å². The Morgan fingerprint density at radius 2 is 2.00 bits per heavy atom. The molecule has 1 aliphatic rings. The zero-order chi connectivity index (χ0) is 16.9. The molecule has 2 unspecified atom stereocenters. The zero-order valence-electron chi connectivity index (χ0n) is 15.3. The van der Waals surface area contributed by atoms with Crippen LogP contribution in [-0.2, 0) is 11.2 Å². The lowest BCUT2D eigenvalue weighted by Gasteiger charge is -2.39. The summed E-state index contributed by atoms with van der Waals surface area (Å²) in [6.07, 6.45) is 5.25. The van der Waals surface area contributed by atoms with Crippen LogP contribution in [0.4, 0.5) is 0 Å². The lowest BCUT2D eigenvalue weighted by Crippen LogP contribution is -2.49. The van der Waals surface area contributed by atoms with Gasteiger partial charge in [0.15, 0.2) is 0 Å². The van der Waals surface area contributed by atoms with Gasteiger partial charge in [0.2, 0.25) is 5.91 Å². The van der Waals surface area contributed by atoms with E-state index in [2.05, 4.69) is 49.9 Å². The molecule has 1 heterocycles. The van der Waals surface area contributed by atoms with Gasteiger partial charge in [-0.05, 0) is 50.5 Å². The molecule has 0 bridgehead atoms. The second kappa shape index (κ2) is 9.43. The van der Waals surface area contributed by atoms with E-state index < -0.39 is 0 Å². The molecule has 1 saturated heterocycles. The van der Waals surface area contributed by atoms with Crippen LogP contribution in [0.15, 0.2) is 30.3 Å². The van der Waals surface area contributed by atoms with Crippen molar-refractivity contribution in [3.8, 4) is 0 Å². The first kappa shape index (κ1) is 21.0. The minimum atomic E-state index is -0.283. The largest absolute Gasteiger partial charge is 0.342 e. The van der Waals surface area contributed by atoms with Gasteiger partial charge in [0, 0.05) is 24.5 Å². The van der Waals surface area contributed by atoms with Crippen molar-refractivity contribution in [2.45, 2.75) is 58.9 Å². The average Bonchev–Trinajstić information content (AvgIpc) is 2.55. The summed E-state index contributed by atoms with van der Waals surface area (Å²) in [5.74, 6) is 0.753. The Balaban J connectivity index is 0.00000288. The molecule has 1 amide bonds. The van der Waals surface area contributed by atoms with E-state index in [1.807, 2.05) is 6.07 Å². The fraction of sp³-hybridized carbons (Fsp3) is 0.650. The normalized spacial score (nSPS) is 19.5. The predicted octanol–water partition coefficient (Wildman–Crippen LogP) is 4.04. The van der Waals surface area contributed by atoms with Gasteiger partial charge in [-0.1, -0.05) is 44.2 Å². The van der Waals surface area contributed by atoms with Crippen molar-refractivity contribution in [2.24, 2.45) is 17.1 Å². The molecule has 2 atom stereocenters. The Hall–Kier alpha value is -1.06. The van der Waals surface area contributed by atoms with Crippen molar-refractivity contribution < 1.29 is 4.79 Å². The molecule has 2 rings (SSSR count). The third-order valence-electron chi connectivity index (χ3n) is 5.18. The van der Waals surface area contributed by atoms with Gasteiger partial charge in [-0.25, -0.2) is 0 Å². The number of benzene rings is 1. The van der Waals surface area contributed by atoms with E-state index in [1.54, 1.807) is 0 Å². The maximum Gasteiger partial charge on any atom is 0.228 e. The number of rotatable bonds is 6. The third-order valence-corrected chi connectivity index (χ3v) is 5.18. The second-order valence-electron chi connectivity index (χ2n) is 7.74. The highest BCUT2D eigenvalue weighted by Gasteiger charge is 2.34. The summed E-state index contributed by atoms with van der Waals surface area (Å²) in [7, 11) is 0. The fourth-order valence-corrected chi connectivity index (χ4v) is 3.54. The first-order valence-electron chi connectivity index (χ1n) is 8.99. The molecule has 0 aliphatic carbocycles. The van der Waals surface area contributed by atoms with Crippen LogP contribution in [0.3, 0.4) is 0 Å². The van der Waals surface area contributed by atoms with E-state index in [9.17, 15) is 4.79 Å². The molecule has 0 spiro atoms. The molecule has 0 aromatic heterocycles. The Morgan fingerprint density at radius 3 is 2.62 bits per heavy atom. The maximum atomic E-state index is 12.9. The van der Waals surface area contributed by atoms with E-state index in [4.69, 9.17) is 5.73 Å². The predicted molar refractivity (Wildman–Crippen MR) is 103 cm³/mol. The molecule has 24 heavy (non-hydrogen) atoms. The topological polar surface area (TPSA) is 46.3 Å². The molecule has 136 valence electrons. The number of hydrogen-bond acceptors (Lipinski definition) is 2. The monoisotopic (exact) mass is 352 g/mol. The number of amides is 1. The van der Waals surface area contributed by atoms with Gasteiger partial charge in [0.1, 0.15) is 0 Å². The molecule has 1 aromatic carbocycles. The lowest BCUT2D eigenvalue weighted by molar-refractivity contribution is -0.142. The summed E-state index contributed by atoms with van der Waals surface area (Å²) in [5, 5.41) is 0. The molecular weight excluding hydrogens is 320 g/mol. The lowest BCUT2D eigenvalue weighted by atomic mass is 9.83. The van der Waals surface area contributed by atoms with E-state index in [0.717, 1.165) is 45.2 Å². The van der Waals surface area contributed by atoms with Gasteiger partial charge in [-0.2, -0.15) is 0 Å². The highest BCUT2D eigenvalue weighted by atomic mass is 35.5. The Kier molecular flexibility index (Phi) is 8.24. The quantitative estimate of drug-likeness (QED) is 0.839. The SMILES string of the molecule is CC(N)C1CCCN(C(=O)C(C)(C)CCCc2ccccc2)C1.Cl. The van der Waals surface area contributed by atoms with E-state index in [1.165, 1.54) is 5.56 Å². The van der Waals surface area contributed by atoms with Gasteiger partial charge in [0.25, 0.3) is 0 Å². The molecule has 1 aliphatic heterocycles. The smallest absolute Gasteiger partial charge is 0.228 e. The molecule has 3 nitrogen and oxygen atoms in total.